The molecule has 0 aromatic carbocycles. The minimum Gasteiger partial charge on any atom is -0.490 e. The van der Waals surface area contributed by atoms with E-state index in [0.717, 1.165) is 17.9 Å². The van der Waals surface area contributed by atoms with Gasteiger partial charge in [-0.2, -0.15) is 0 Å². The van der Waals surface area contributed by atoms with Crippen LogP contribution in [0.15, 0.2) is 18.3 Å². The van der Waals surface area contributed by atoms with Crippen molar-refractivity contribution in [1.82, 2.24) is 9.88 Å². The molecule has 0 aliphatic carbocycles. The van der Waals surface area contributed by atoms with Crippen LogP contribution >= 0.6 is 0 Å². The first-order valence-electron chi connectivity index (χ1n) is 6.38. The number of pyridine rings is 1. The van der Waals surface area contributed by atoms with Crippen molar-refractivity contribution >= 4 is 0 Å². The van der Waals surface area contributed by atoms with E-state index in [1.165, 1.54) is 0 Å². The van der Waals surface area contributed by atoms with Gasteiger partial charge in [0.25, 0.3) is 0 Å². The highest BCUT2D eigenvalue weighted by atomic mass is 16.5. The summed E-state index contributed by atoms with van der Waals surface area (Å²) in [5, 5.41) is 0. The van der Waals surface area contributed by atoms with Gasteiger partial charge in [-0.3, -0.25) is 4.98 Å². The van der Waals surface area contributed by atoms with Crippen LogP contribution < -0.4 is 10.5 Å². The molecule has 0 radical (unpaired) electrons. The van der Waals surface area contributed by atoms with Gasteiger partial charge in [0.05, 0.1) is 11.9 Å². The largest absolute Gasteiger partial charge is 0.490 e. The first-order valence-corrected chi connectivity index (χ1v) is 6.38. The SMILES string of the molecule is CC[C@@H](N)c1ccc(OCC(C)(C)N(C)C)cn1. The molecular weight excluding hydrogens is 226 g/mol. The molecule has 4 heteroatoms. The maximum absolute atomic E-state index is 5.92. The van der Waals surface area contributed by atoms with E-state index in [4.69, 9.17) is 10.5 Å². The number of ether oxygens (including phenoxy) is 1. The molecule has 0 aliphatic heterocycles. The zero-order valence-electron chi connectivity index (χ0n) is 12.1. The monoisotopic (exact) mass is 251 g/mol. The fraction of sp³-hybridized carbons (Fsp3) is 0.643. The summed E-state index contributed by atoms with van der Waals surface area (Å²) < 4.78 is 5.76. The minimum atomic E-state index is -0.00150. The summed E-state index contributed by atoms with van der Waals surface area (Å²) in [5.74, 6) is 0.789. The average molecular weight is 251 g/mol. The molecule has 2 N–H and O–H groups in total. The zero-order valence-corrected chi connectivity index (χ0v) is 12.1. The molecular formula is C14H25N3O. The van der Waals surface area contributed by atoms with E-state index in [2.05, 4.69) is 30.7 Å². The van der Waals surface area contributed by atoms with Crippen molar-refractivity contribution in [2.45, 2.75) is 38.8 Å². The molecule has 102 valence electrons. The maximum Gasteiger partial charge on any atom is 0.137 e. The number of hydrogen-bond acceptors (Lipinski definition) is 4. The number of rotatable bonds is 6. The molecule has 0 bridgehead atoms. The van der Waals surface area contributed by atoms with Gasteiger partial charge in [0.2, 0.25) is 0 Å². The lowest BCUT2D eigenvalue weighted by Crippen LogP contribution is -2.43. The van der Waals surface area contributed by atoms with E-state index in [0.29, 0.717) is 6.61 Å². The molecule has 1 aromatic heterocycles. The van der Waals surface area contributed by atoms with Crippen molar-refractivity contribution in [2.24, 2.45) is 5.73 Å². The van der Waals surface area contributed by atoms with Crippen molar-refractivity contribution < 1.29 is 4.74 Å². The number of aromatic nitrogens is 1. The molecule has 1 aromatic rings. The minimum absolute atomic E-state index is 0.00150. The van der Waals surface area contributed by atoms with Crippen LogP contribution in [0, 0.1) is 0 Å². The average Bonchev–Trinajstić information content (AvgIpc) is 2.36. The summed E-state index contributed by atoms with van der Waals surface area (Å²) in [5.41, 5.74) is 6.83. The van der Waals surface area contributed by atoms with Gasteiger partial charge in [-0.25, -0.2) is 0 Å². The number of nitrogens with two attached hydrogens (primary N) is 1. The Morgan fingerprint density at radius 2 is 2.06 bits per heavy atom. The first-order chi connectivity index (χ1) is 8.36. The van der Waals surface area contributed by atoms with Crippen LogP contribution in [0.5, 0.6) is 5.75 Å². The summed E-state index contributed by atoms with van der Waals surface area (Å²) in [6.45, 7) is 6.96. The van der Waals surface area contributed by atoms with Crippen molar-refractivity contribution in [3.05, 3.63) is 24.0 Å². The maximum atomic E-state index is 5.92. The second kappa shape index (κ2) is 6.16. The van der Waals surface area contributed by atoms with Crippen LogP contribution in [0.25, 0.3) is 0 Å². The molecule has 0 spiro atoms. The molecule has 0 unspecified atom stereocenters. The summed E-state index contributed by atoms with van der Waals surface area (Å²) >= 11 is 0. The van der Waals surface area contributed by atoms with E-state index in [-0.39, 0.29) is 11.6 Å². The van der Waals surface area contributed by atoms with Crippen molar-refractivity contribution in [2.75, 3.05) is 20.7 Å². The lowest BCUT2D eigenvalue weighted by molar-refractivity contribution is 0.114. The second-order valence-corrected chi connectivity index (χ2v) is 5.43. The number of likely N-dealkylation sites (N-methyl/N-ethyl adjacent to an activating group) is 1. The lowest BCUT2D eigenvalue weighted by Gasteiger charge is -2.32. The van der Waals surface area contributed by atoms with Crippen LogP contribution in [-0.4, -0.2) is 36.1 Å². The molecule has 0 saturated heterocycles. The summed E-state index contributed by atoms with van der Waals surface area (Å²) in [7, 11) is 4.09. The van der Waals surface area contributed by atoms with Crippen LogP contribution in [0.1, 0.15) is 38.9 Å². The lowest BCUT2D eigenvalue weighted by atomic mass is 10.1. The van der Waals surface area contributed by atoms with Crippen molar-refractivity contribution in [1.29, 1.82) is 0 Å². The molecule has 0 aliphatic rings. The fourth-order valence-electron chi connectivity index (χ4n) is 1.29. The zero-order chi connectivity index (χ0) is 13.8. The van der Waals surface area contributed by atoms with Crippen LogP contribution in [0.3, 0.4) is 0 Å². The summed E-state index contributed by atoms with van der Waals surface area (Å²) in [4.78, 5) is 6.47. The van der Waals surface area contributed by atoms with Gasteiger partial charge < -0.3 is 15.4 Å². The summed E-state index contributed by atoms with van der Waals surface area (Å²) in [6, 6.07) is 3.88. The third-order valence-electron chi connectivity index (χ3n) is 3.38. The van der Waals surface area contributed by atoms with Gasteiger partial charge >= 0.3 is 0 Å². The smallest absolute Gasteiger partial charge is 0.137 e. The Balaban J connectivity index is 2.59. The van der Waals surface area contributed by atoms with E-state index < -0.39 is 0 Å². The standard InChI is InChI=1S/C14H25N3O/c1-6-12(15)13-8-7-11(9-16-13)18-10-14(2,3)17(4)5/h7-9,12H,6,10,15H2,1-5H3/t12-/m1/s1. The van der Waals surface area contributed by atoms with Gasteiger partial charge in [-0.1, -0.05) is 6.92 Å². The Morgan fingerprint density at radius 1 is 1.39 bits per heavy atom. The van der Waals surface area contributed by atoms with Gasteiger partial charge in [0.1, 0.15) is 12.4 Å². The fourth-order valence-corrected chi connectivity index (χ4v) is 1.29. The third-order valence-corrected chi connectivity index (χ3v) is 3.38. The molecule has 0 saturated carbocycles. The molecule has 1 rings (SSSR count). The van der Waals surface area contributed by atoms with E-state index in [1.54, 1.807) is 6.20 Å². The highest BCUT2D eigenvalue weighted by molar-refractivity contribution is 5.21. The Kier molecular flexibility index (Phi) is 5.11. The molecule has 1 heterocycles. The van der Waals surface area contributed by atoms with Crippen LogP contribution in [0.4, 0.5) is 0 Å². The second-order valence-electron chi connectivity index (χ2n) is 5.43. The van der Waals surface area contributed by atoms with Gasteiger partial charge in [0.15, 0.2) is 0 Å². The molecule has 4 nitrogen and oxygen atoms in total. The molecule has 18 heavy (non-hydrogen) atoms. The highest BCUT2D eigenvalue weighted by Crippen LogP contribution is 2.17. The van der Waals surface area contributed by atoms with Gasteiger partial charge in [0, 0.05) is 11.6 Å². The Morgan fingerprint density at radius 3 is 2.50 bits per heavy atom. The number of nitrogens with zero attached hydrogens (tertiary/aromatic N) is 2. The predicted molar refractivity (Wildman–Crippen MR) is 74.7 cm³/mol. The normalized spacial score (nSPS) is 13.7. The van der Waals surface area contributed by atoms with Crippen molar-refractivity contribution in [3.8, 4) is 5.75 Å². The van der Waals surface area contributed by atoms with E-state index in [1.807, 2.05) is 26.2 Å². The Labute approximate surface area is 110 Å². The third kappa shape index (κ3) is 3.96. The van der Waals surface area contributed by atoms with Gasteiger partial charge in [-0.05, 0) is 46.5 Å². The van der Waals surface area contributed by atoms with Crippen molar-refractivity contribution in [3.63, 3.8) is 0 Å². The Bertz CT molecular complexity index is 360. The van der Waals surface area contributed by atoms with Crippen LogP contribution in [-0.2, 0) is 0 Å². The predicted octanol–water partition coefficient (Wildman–Crippen LogP) is 2.21. The highest BCUT2D eigenvalue weighted by Gasteiger charge is 2.21. The summed E-state index contributed by atoms with van der Waals surface area (Å²) in [6.07, 6.45) is 2.64. The quantitative estimate of drug-likeness (QED) is 0.842. The van der Waals surface area contributed by atoms with Crippen LogP contribution in [0.2, 0.25) is 0 Å². The topological polar surface area (TPSA) is 51.4 Å². The molecule has 0 fully saturated rings. The molecule has 0 amide bonds. The van der Waals surface area contributed by atoms with Gasteiger partial charge in [-0.15, -0.1) is 0 Å². The number of hydrogen-bond donors (Lipinski definition) is 1. The Hall–Kier alpha value is -1.13. The molecule has 1 atom stereocenters. The van der Waals surface area contributed by atoms with E-state index in [9.17, 15) is 0 Å². The van der Waals surface area contributed by atoms with E-state index >= 15 is 0 Å². The first kappa shape index (κ1) is 14.9.